The summed E-state index contributed by atoms with van der Waals surface area (Å²) in [6.07, 6.45) is 2.86. The number of para-hydroxylation sites is 1. The fraction of sp³-hybridized carbons (Fsp3) is 0.438. The molecule has 0 saturated heterocycles. The summed E-state index contributed by atoms with van der Waals surface area (Å²) in [5, 5.41) is 4.32. The molecule has 2 aromatic rings. The van der Waals surface area contributed by atoms with Gasteiger partial charge >= 0.3 is 5.69 Å². The largest absolute Gasteiger partial charge is 0.346 e. The third kappa shape index (κ3) is 2.68. The van der Waals surface area contributed by atoms with Gasteiger partial charge in [-0.2, -0.15) is 5.10 Å². The maximum Gasteiger partial charge on any atom is 0.346 e. The van der Waals surface area contributed by atoms with Gasteiger partial charge in [-0.3, -0.25) is 9.36 Å². The Hall–Kier alpha value is -2.37. The van der Waals surface area contributed by atoms with E-state index in [4.69, 9.17) is 0 Å². The summed E-state index contributed by atoms with van der Waals surface area (Å²) >= 11 is 0. The smallest absolute Gasteiger partial charge is 0.311 e. The highest BCUT2D eigenvalue weighted by Gasteiger charge is 2.20. The highest BCUT2D eigenvalue weighted by Crippen LogP contribution is 2.14. The molecule has 0 unspecified atom stereocenters. The van der Waals surface area contributed by atoms with Crippen LogP contribution in [0.4, 0.5) is 5.69 Å². The number of carbonyl (C=O) groups excluding carboxylic acids is 1. The van der Waals surface area contributed by atoms with Crippen LogP contribution >= 0.6 is 0 Å². The van der Waals surface area contributed by atoms with E-state index in [0.29, 0.717) is 13.1 Å². The Labute approximate surface area is 129 Å². The number of aromatic nitrogens is 3. The second kappa shape index (κ2) is 6.17. The molecule has 0 saturated carbocycles. The molecule has 2 heterocycles. The van der Waals surface area contributed by atoms with Crippen LogP contribution in [-0.4, -0.2) is 26.8 Å². The first-order valence-electron chi connectivity index (χ1n) is 7.72. The van der Waals surface area contributed by atoms with Crippen molar-refractivity contribution < 1.29 is 4.79 Å². The van der Waals surface area contributed by atoms with Gasteiger partial charge in [-0.25, -0.2) is 9.48 Å². The molecule has 3 rings (SSSR count). The number of rotatable bonds is 4. The molecule has 1 aliphatic heterocycles. The van der Waals surface area contributed by atoms with E-state index in [1.54, 1.807) is 9.47 Å². The normalized spacial score (nSPS) is 13.7. The van der Waals surface area contributed by atoms with E-state index in [1.807, 2.05) is 37.3 Å². The molecule has 6 heteroatoms. The van der Waals surface area contributed by atoms with E-state index < -0.39 is 0 Å². The summed E-state index contributed by atoms with van der Waals surface area (Å²) in [5.41, 5.74) is 0.666. The molecule has 0 bridgehead atoms. The Morgan fingerprint density at radius 2 is 2.05 bits per heavy atom. The van der Waals surface area contributed by atoms with Gasteiger partial charge in [-0.15, -0.1) is 0 Å². The minimum atomic E-state index is -0.174. The first-order valence-corrected chi connectivity index (χ1v) is 7.72. The molecule has 0 N–H and O–H groups in total. The Morgan fingerprint density at radius 1 is 1.27 bits per heavy atom. The number of fused-ring (bicyclic) bond motifs is 1. The topological polar surface area (TPSA) is 60.1 Å². The van der Waals surface area contributed by atoms with Gasteiger partial charge in [0, 0.05) is 25.2 Å². The summed E-state index contributed by atoms with van der Waals surface area (Å²) in [6.45, 7) is 3.18. The zero-order valence-corrected chi connectivity index (χ0v) is 12.7. The quantitative estimate of drug-likeness (QED) is 0.858. The van der Waals surface area contributed by atoms with E-state index in [1.165, 1.54) is 4.68 Å². The van der Waals surface area contributed by atoms with Crippen molar-refractivity contribution in [3.63, 3.8) is 0 Å². The number of benzene rings is 1. The minimum absolute atomic E-state index is 0.0123. The number of carbonyl (C=O) groups is 1. The van der Waals surface area contributed by atoms with E-state index in [2.05, 4.69) is 5.10 Å². The SMILES string of the molecule is CCN(C(=O)Cn1nc2n(c1=O)CCCC2)c1ccccc1. The van der Waals surface area contributed by atoms with E-state index in [-0.39, 0.29) is 18.1 Å². The van der Waals surface area contributed by atoms with Crippen LogP contribution in [0.1, 0.15) is 25.6 Å². The highest BCUT2D eigenvalue weighted by molar-refractivity contribution is 5.93. The molecule has 0 fully saturated rings. The van der Waals surface area contributed by atoms with Crippen molar-refractivity contribution in [1.82, 2.24) is 14.3 Å². The third-order valence-corrected chi connectivity index (χ3v) is 4.00. The molecular formula is C16H20N4O2. The minimum Gasteiger partial charge on any atom is -0.311 e. The fourth-order valence-electron chi connectivity index (χ4n) is 2.88. The molecular weight excluding hydrogens is 280 g/mol. The predicted molar refractivity (Wildman–Crippen MR) is 83.9 cm³/mol. The van der Waals surface area contributed by atoms with E-state index in [0.717, 1.165) is 30.8 Å². The number of hydrogen-bond acceptors (Lipinski definition) is 3. The van der Waals surface area contributed by atoms with E-state index in [9.17, 15) is 9.59 Å². The fourth-order valence-corrected chi connectivity index (χ4v) is 2.88. The number of aryl methyl sites for hydroxylation is 1. The van der Waals surface area contributed by atoms with Crippen LogP contribution in [0.15, 0.2) is 35.1 Å². The molecule has 116 valence electrons. The van der Waals surface area contributed by atoms with Crippen LogP contribution in [0.2, 0.25) is 0 Å². The van der Waals surface area contributed by atoms with Gasteiger partial charge in [0.1, 0.15) is 12.4 Å². The van der Waals surface area contributed by atoms with Gasteiger partial charge in [0.15, 0.2) is 0 Å². The second-order valence-corrected chi connectivity index (χ2v) is 5.44. The Bertz CT molecular complexity index is 717. The van der Waals surface area contributed by atoms with Crippen molar-refractivity contribution in [2.45, 2.75) is 39.3 Å². The molecule has 0 radical (unpaired) electrons. The van der Waals surface area contributed by atoms with Gasteiger partial charge < -0.3 is 4.90 Å². The van der Waals surface area contributed by atoms with Crippen LogP contribution in [-0.2, 0) is 24.3 Å². The summed E-state index contributed by atoms with van der Waals surface area (Å²) in [5.74, 6) is 0.679. The monoisotopic (exact) mass is 300 g/mol. The Balaban J connectivity index is 1.82. The van der Waals surface area contributed by atoms with Crippen molar-refractivity contribution in [2.75, 3.05) is 11.4 Å². The van der Waals surface area contributed by atoms with Gasteiger partial charge in [-0.05, 0) is 31.9 Å². The average molecular weight is 300 g/mol. The lowest BCUT2D eigenvalue weighted by Crippen LogP contribution is -2.37. The van der Waals surface area contributed by atoms with Crippen molar-refractivity contribution >= 4 is 11.6 Å². The van der Waals surface area contributed by atoms with Crippen LogP contribution in [0.5, 0.6) is 0 Å². The maximum atomic E-state index is 12.5. The number of likely N-dealkylation sites (N-methyl/N-ethyl adjacent to an activating group) is 1. The molecule has 1 aromatic heterocycles. The maximum absolute atomic E-state index is 12.5. The Morgan fingerprint density at radius 3 is 2.73 bits per heavy atom. The van der Waals surface area contributed by atoms with Gasteiger partial charge in [-0.1, -0.05) is 18.2 Å². The van der Waals surface area contributed by atoms with Gasteiger partial charge in [0.25, 0.3) is 0 Å². The van der Waals surface area contributed by atoms with Gasteiger partial charge in [0.05, 0.1) is 0 Å². The standard InChI is InChI=1S/C16H20N4O2/c1-2-18(13-8-4-3-5-9-13)15(21)12-20-16(22)19-11-7-6-10-14(19)17-20/h3-5,8-9H,2,6-7,10-12H2,1H3. The van der Waals surface area contributed by atoms with E-state index >= 15 is 0 Å². The third-order valence-electron chi connectivity index (χ3n) is 4.00. The lowest BCUT2D eigenvalue weighted by atomic mass is 10.2. The first-order chi connectivity index (χ1) is 10.7. The number of amides is 1. The average Bonchev–Trinajstić information content (AvgIpc) is 2.86. The summed E-state index contributed by atoms with van der Waals surface area (Å²) < 4.78 is 2.99. The van der Waals surface area contributed by atoms with Crippen molar-refractivity contribution in [3.05, 3.63) is 46.6 Å². The van der Waals surface area contributed by atoms with Crippen molar-refractivity contribution in [3.8, 4) is 0 Å². The number of nitrogens with zero attached hydrogens (tertiary/aromatic N) is 4. The zero-order chi connectivity index (χ0) is 15.5. The molecule has 0 atom stereocenters. The Kier molecular flexibility index (Phi) is 4.09. The number of anilines is 1. The van der Waals surface area contributed by atoms with Crippen LogP contribution in [0.3, 0.4) is 0 Å². The van der Waals surface area contributed by atoms with Crippen LogP contribution in [0, 0.1) is 0 Å². The molecule has 0 spiro atoms. The summed E-state index contributed by atoms with van der Waals surface area (Å²) in [4.78, 5) is 26.5. The lowest BCUT2D eigenvalue weighted by molar-refractivity contribution is -0.119. The molecule has 6 nitrogen and oxygen atoms in total. The predicted octanol–water partition coefficient (Wildman–Crippen LogP) is 1.43. The van der Waals surface area contributed by atoms with Crippen molar-refractivity contribution in [2.24, 2.45) is 0 Å². The molecule has 1 aliphatic rings. The summed E-state index contributed by atoms with van der Waals surface area (Å²) in [7, 11) is 0. The number of hydrogen-bond donors (Lipinski definition) is 0. The molecule has 22 heavy (non-hydrogen) atoms. The molecule has 1 amide bonds. The van der Waals surface area contributed by atoms with Crippen LogP contribution in [0.25, 0.3) is 0 Å². The highest BCUT2D eigenvalue weighted by atomic mass is 16.2. The van der Waals surface area contributed by atoms with Gasteiger partial charge in [0.2, 0.25) is 5.91 Å². The summed E-state index contributed by atoms with van der Waals surface area (Å²) in [6, 6.07) is 9.49. The van der Waals surface area contributed by atoms with Crippen molar-refractivity contribution in [1.29, 1.82) is 0 Å². The lowest BCUT2D eigenvalue weighted by Gasteiger charge is -2.20. The first kappa shape index (κ1) is 14.6. The molecule has 1 aromatic carbocycles. The zero-order valence-electron chi connectivity index (χ0n) is 12.7. The molecule has 0 aliphatic carbocycles. The van der Waals surface area contributed by atoms with Crippen LogP contribution < -0.4 is 10.6 Å². The second-order valence-electron chi connectivity index (χ2n) is 5.44.